The Balaban J connectivity index is 1.67. The van der Waals surface area contributed by atoms with E-state index < -0.39 is 0 Å². The maximum absolute atomic E-state index is 5.32. The van der Waals surface area contributed by atoms with Crippen molar-refractivity contribution in [2.24, 2.45) is 0 Å². The van der Waals surface area contributed by atoms with Gasteiger partial charge in [0.2, 0.25) is 6.17 Å². The summed E-state index contributed by atoms with van der Waals surface area (Å²) in [7, 11) is 0. The Labute approximate surface area is 281 Å². The van der Waals surface area contributed by atoms with Gasteiger partial charge in [0.1, 0.15) is 0 Å². The van der Waals surface area contributed by atoms with Gasteiger partial charge in [-0.15, -0.1) is 0 Å². The number of para-hydroxylation sites is 2. The van der Waals surface area contributed by atoms with Crippen molar-refractivity contribution in [2.75, 3.05) is 22.9 Å². The second-order valence-corrected chi connectivity index (χ2v) is 13.9. The van der Waals surface area contributed by atoms with Gasteiger partial charge in [-0.1, -0.05) is 152 Å². The Morgan fingerprint density at radius 2 is 0.723 bits per heavy atom. The van der Waals surface area contributed by atoms with Gasteiger partial charge in [-0.05, 0) is 45.9 Å². The van der Waals surface area contributed by atoms with Crippen molar-refractivity contribution >= 4 is 11.4 Å². The topological polar surface area (TPSA) is 45.2 Å². The summed E-state index contributed by atoms with van der Waals surface area (Å²) < 4.78 is 0. The molecule has 1 aliphatic rings. The second-order valence-electron chi connectivity index (χ2n) is 13.9. The molecule has 0 spiro atoms. The van der Waals surface area contributed by atoms with E-state index in [0.29, 0.717) is 41.1 Å². The molecule has 1 radical (unpaired) electrons. The van der Waals surface area contributed by atoms with E-state index in [9.17, 15) is 0 Å². The van der Waals surface area contributed by atoms with Crippen LogP contribution in [0, 0.1) is 6.17 Å². The molecule has 241 valence electrons. The van der Waals surface area contributed by atoms with Crippen molar-refractivity contribution in [3.63, 3.8) is 0 Å². The minimum absolute atomic E-state index is 0.353. The standard InChI is InChI=1S/C42H48N5/c1-27(2)33-21-15-22-34(28(3)4)37(33)46-25-26-47(38-35(29(5)6)23-16-24-36(38)30(7)8)42(46)41-44-39(31-17-11-9-12-18-31)43-40(45-41)32-19-13-10-14-20-32/h9-24,27-30H,25-26H2,1-8H3. The van der Waals surface area contributed by atoms with Crippen LogP contribution in [0.1, 0.15) is 107 Å². The Bertz CT molecular complexity index is 1630. The summed E-state index contributed by atoms with van der Waals surface area (Å²) in [6.45, 7) is 20.0. The van der Waals surface area contributed by atoms with Crippen LogP contribution in [-0.4, -0.2) is 28.0 Å². The molecule has 1 saturated heterocycles. The molecule has 5 aromatic rings. The highest BCUT2D eigenvalue weighted by Gasteiger charge is 2.42. The van der Waals surface area contributed by atoms with Crippen molar-refractivity contribution in [3.8, 4) is 22.8 Å². The summed E-state index contributed by atoms with van der Waals surface area (Å²) in [4.78, 5) is 20.7. The number of aromatic nitrogens is 3. The number of hydrogen-bond acceptors (Lipinski definition) is 5. The molecular weight excluding hydrogens is 574 g/mol. The summed E-state index contributed by atoms with van der Waals surface area (Å²) in [5.41, 5.74) is 9.89. The average molecular weight is 623 g/mol. The first-order valence-electron chi connectivity index (χ1n) is 17.2. The van der Waals surface area contributed by atoms with Crippen molar-refractivity contribution in [1.29, 1.82) is 0 Å². The third-order valence-electron chi connectivity index (χ3n) is 9.18. The molecule has 1 fully saturated rings. The number of hydrogen-bond donors (Lipinski definition) is 0. The van der Waals surface area contributed by atoms with Crippen molar-refractivity contribution in [1.82, 2.24) is 15.0 Å². The summed E-state index contributed by atoms with van der Waals surface area (Å²) >= 11 is 0. The van der Waals surface area contributed by atoms with E-state index in [-0.39, 0.29) is 0 Å². The normalized spacial score (nSPS) is 14.0. The third-order valence-corrected chi connectivity index (χ3v) is 9.18. The van der Waals surface area contributed by atoms with Crippen molar-refractivity contribution in [2.45, 2.75) is 79.1 Å². The van der Waals surface area contributed by atoms with Crippen LogP contribution in [0.15, 0.2) is 97.1 Å². The fraction of sp³-hybridized carbons (Fsp3) is 0.333. The van der Waals surface area contributed by atoms with Crippen molar-refractivity contribution in [3.05, 3.63) is 131 Å². The highest BCUT2D eigenvalue weighted by atomic mass is 15.4. The Morgan fingerprint density at radius 3 is 1.04 bits per heavy atom. The monoisotopic (exact) mass is 622 g/mol. The molecule has 0 aliphatic carbocycles. The molecule has 1 aliphatic heterocycles. The van der Waals surface area contributed by atoms with Gasteiger partial charge in [-0.25, -0.2) is 15.0 Å². The van der Waals surface area contributed by atoms with E-state index in [1.165, 1.54) is 33.6 Å². The molecule has 1 aromatic heterocycles. The zero-order valence-corrected chi connectivity index (χ0v) is 29.2. The molecule has 0 saturated carbocycles. The molecule has 0 atom stereocenters. The summed E-state index contributed by atoms with van der Waals surface area (Å²) in [5, 5.41) is 0. The molecule has 0 bridgehead atoms. The average Bonchev–Trinajstić information content (AvgIpc) is 3.52. The number of benzene rings is 4. The van der Waals surface area contributed by atoms with Crippen LogP contribution in [0.5, 0.6) is 0 Å². The van der Waals surface area contributed by atoms with E-state index >= 15 is 0 Å². The van der Waals surface area contributed by atoms with E-state index in [1.807, 2.05) is 36.4 Å². The smallest absolute Gasteiger partial charge is 0.226 e. The lowest BCUT2D eigenvalue weighted by molar-refractivity contribution is 0.780. The first-order valence-corrected chi connectivity index (χ1v) is 17.2. The Hall–Kier alpha value is -4.51. The van der Waals surface area contributed by atoms with Gasteiger partial charge in [-0.3, -0.25) is 0 Å². The molecule has 0 N–H and O–H groups in total. The van der Waals surface area contributed by atoms with Gasteiger partial charge >= 0.3 is 0 Å². The molecule has 0 unspecified atom stereocenters. The fourth-order valence-corrected chi connectivity index (χ4v) is 6.79. The highest BCUT2D eigenvalue weighted by molar-refractivity contribution is 5.75. The molecule has 0 amide bonds. The summed E-state index contributed by atoms with van der Waals surface area (Å²) in [5.74, 6) is 3.46. The van der Waals surface area contributed by atoms with E-state index in [0.717, 1.165) is 30.4 Å². The van der Waals surface area contributed by atoms with Crippen LogP contribution < -0.4 is 9.80 Å². The second kappa shape index (κ2) is 13.7. The van der Waals surface area contributed by atoms with Gasteiger partial charge in [0.05, 0.1) is 0 Å². The van der Waals surface area contributed by atoms with E-state index in [2.05, 4.69) is 126 Å². The SMILES string of the molecule is CC(C)c1cccc(C(C)C)c1N1CCN(c2c(C(C)C)cccc2C(C)C)[C]1c1nc(-c2ccccc2)nc(-c2ccccc2)n1. The quantitative estimate of drug-likeness (QED) is 0.164. The minimum atomic E-state index is 0.353. The number of nitrogens with zero attached hydrogens (tertiary/aromatic N) is 5. The predicted octanol–water partition coefficient (Wildman–Crippen LogP) is 10.6. The molecule has 47 heavy (non-hydrogen) atoms. The largest absolute Gasteiger partial charge is 0.336 e. The van der Waals surface area contributed by atoms with Crippen LogP contribution in [0.25, 0.3) is 22.8 Å². The molecule has 5 nitrogen and oxygen atoms in total. The zero-order chi connectivity index (χ0) is 33.2. The van der Waals surface area contributed by atoms with E-state index in [1.54, 1.807) is 0 Å². The number of anilines is 2. The van der Waals surface area contributed by atoms with E-state index in [4.69, 9.17) is 15.0 Å². The maximum Gasteiger partial charge on any atom is 0.226 e. The molecule has 2 heterocycles. The molecular formula is C42H48N5. The Kier molecular flexibility index (Phi) is 9.45. The lowest BCUT2D eigenvalue weighted by Gasteiger charge is -2.36. The zero-order valence-electron chi connectivity index (χ0n) is 29.2. The van der Waals surface area contributed by atoms with Crippen LogP contribution in [-0.2, 0) is 0 Å². The van der Waals surface area contributed by atoms with Gasteiger partial charge in [0.25, 0.3) is 0 Å². The Morgan fingerprint density at radius 1 is 0.404 bits per heavy atom. The van der Waals surface area contributed by atoms with Gasteiger partial charge < -0.3 is 9.80 Å². The van der Waals surface area contributed by atoms with Crippen LogP contribution in [0.2, 0.25) is 0 Å². The van der Waals surface area contributed by atoms with Crippen LogP contribution in [0.3, 0.4) is 0 Å². The molecule has 5 heteroatoms. The van der Waals surface area contributed by atoms with Gasteiger partial charge in [0.15, 0.2) is 17.5 Å². The molecule has 4 aromatic carbocycles. The van der Waals surface area contributed by atoms with Crippen LogP contribution >= 0.6 is 0 Å². The highest BCUT2D eigenvalue weighted by Crippen LogP contribution is 2.46. The fourth-order valence-electron chi connectivity index (χ4n) is 6.79. The third kappa shape index (κ3) is 6.41. The lowest BCUT2D eigenvalue weighted by Crippen LogP contribution is -2.36. The lowest BCUT2D eigenvalue weighted by atomic mass is 9.91. The maximum atomic E-state index is 5.32. The van der Waals surface area contributed by atoms with Gasteiger partial charge in [0, 0.05) is 35.6 Å². The van der Waals surface area contributed by atoms with Crippen LogP contribution in [0.4, 0.5) is 11.4 Å². The van der Waals surface area contributed by atoms with Crippen molar-refractivity contribution < 1.29 is 0 Å². The first kappa shape index (κ1) is 32.4. The summed E-state index contributed by atoms with van der Waals surface area (Å²) in [6.07, 6.45) is 1.02. The van der Waals surface area contributed by atoms with Gasteiger partial charge in [-0.2, -0.15) is 0 Å². The predicted molar refractivity (Wildman–Crippen MR) is 197 cm³/mol. The minimum Gasteiger partial charge on any atom is -0.336 e. The first-order chi connectivity index (χ1) is 22.7. The molecule has 6 rings (SSSR count). The summed E-state index contributed by atoms with van der Waals surface area (Å²) in [6, 6.07) is 34.2. The number of rotatable bonds is 9.